The largest absolute Gasteiger partial charge is 0.0853 e. The van der Waals surface area contributed by atoms with Gasteiger partial charge in [0.1, 0.15) is 0 Å². The van der Waals surface area contributed by atoms with Crippen LogP contribution in [0.1, 0.15) is 59.3 Å². The van der Waals surface area contributed by atoms with Crippen molar-refractivity contribution in [1.29, 1.82) is 0 Å². The van der Waals surface area contributed by atoms with E-state index in [0.717, 1.165) is 11.8 Å². The molecule has 0 aromatic heterocycles. The first-order valence-electron chi connectivity index (χ1n) is 5.94. The summed E-state index contributed by atoms with van der Waals surface area (Å²) in [6.45, 7) is 7.03. The predicted molar refractivity (Wildman–Crippen MR) is 59.8 cm³/mol. The summed E-state index contributed by atoms with van der Waals surface area (Å²) in [6, 6.07) is 0. The summed E-state index contributed by atoms with van der Waals surface area (Å²) >= 11 is 0. The molecule has 1 rings (SSSR count). The van der Waals surface area contributed by atoms with Crippen molar-refractivity contribution >= 4 is 0 Å². The van der Waals surface area contributed by atoms with E-state index in [1.807, 2.05) is 0 Å². The first-order chi connectivity index (χ1) is 6.26. The van der Waals surface area contributed by atoms with Crippen LogP contribution in [0.5, 0.6) is 0 Å². The molecule has 0 N–H and O–H groups in total. The van der Waals surface area contributed by atoms with Gasteiger partial charge in [-0.1, -0.05) is 45.3 Å². The lowest BCUT2D eigenvalue weighted by Gasteiger charge is -2.22. The average molecular weight is 180 g/mol. The molecule has 76 valence electrons. The highest BCUT2D eigenvalue weighted by Crippen LogP contribution is 2.29. The summed E-state index contributed by atoms with van der Waals surface area (Å²) in [5.74, 6) is 1.88. The second kappa shape index (κ2) is 5.47. The quantitative estimate of drug-likeness (QED) is 0.556. The fourth-order valence-electron chi connectivity index (χ4n) is 2.32. The van der Waals surface area contributed by atoms with Crippen LogP contribution >= 0.6 is 0 Å². The molecule has 0 aromatic carbocycles. The zero-order chi connectivity index (χ0) is 9.68. The highest BCUT2D eigenvalue weighted by atomic mass is 14.2. The van der Waals surface area contributed by atoms with Crippen molar-refractivity contribution in [3.63, 3.8) is 0 Å². The molecule has 0 amide bonds. The molecule has 1 atom stereocenters. The number of hydrogen-bond donors (Lipinski definition) is 0. The molecule has 0 bridgehead atoms. The molecule has 0 radical (unpaired) electrons. The zero-order valence-corrected chi connectivity index (χ0v) is 9.47. The average Bonchev–Trinajstić information content (AvgIpc) is 2.14. The van der Waals surface area contributed by atoms with Crippen LogP contribution in [0.2, 0.25) is 0 Å². The fraction of sp³-hybridized carbons (Fsp3) is 0.846. The van der Waals surface area contributed by atoms with E-state index in [4.69, 9.17) is 0 Å². The van der Waals surface area contributed by atoms with Crippen molar-refractivity contribution in [2.75, 3.05) is 0 Å². The van der Waals surface area contributed by atoms with Gasteiger partial charge >= 0.3 is 0 Å². The van der Waals surface area contributed by atoms with Gasteiger partial charge in [0.05, 0.1) is 0 Å². The lowest BCUT2D eigenvalue weighted by atomic mass is 9.84. The molecule has 13 heavy (non-hydrogen) atoms. The Balaban J connectivity index is 2.38. The highest BCUT2D eigenvalue weighted by molar-refractivity contribution is 5.07. The molecule has 0 aromatic rings. The van der Waals surface area contributed by atoms with Crippen molar-refractivity contribution in [3.05, 3.63) is 11.6 Å². The second-order valence-corrected chi connectivity index (χ2v) is 4.64. The van der Waals surface area contributed by atoms with Gasteiger partial charge in [-0.05, 0) is 37.5 Å². The Morgan fingerprint density at radius 2 is 2.08 bits per heavy atom. The van der Waals surface area contributed by atoms with Gasteiger partial charge in [-0.2, -0.15) is 0 Å². The second-order valence-electron chi connectivity index (χ2n) is 4.64. The molecule has 0 heterocycles. The van der Waals surface area contributed by atoms with E-state index in [9.17, 15) is 0 Å². The SMILES string of the molecule is CCC(CC)CC1=CCC[C@@H](C)C1. The number of allylic oxidation sites excluding steroid dienone is 2. The molecule has 1 aliphatic carbocycles. The molecular formula is C13H24. The minimum atomic E-state index is 0.939. The van der Waals surface area contributed by atoms with Crippen LogP contribution < -0.4 is 0 Å². The monoisotopic (exact) mass is 180 g/mol. The first-order valence-corrected chi connectivity index (χ1v) is 5.94. The maximum Gasteiger partial charge on any atom is -0.0292 e. The molecule has 0 fully saturated rings. The predicted octanol–water partition coefficient (Wildman–Crippen LogP) is 4.56. The first kappa shape index (κ1) is 10.8. The lowest BCUT2D eigenvalue weighted by Crippen LogP contribution is -2.06. The Labute approximate surface area is 83.4 Å². The number of rotatable bonds is 4. The Kier molecular flexibility index (Phi) is 4.55. The normalized spacial score (nSPS) is 23.4. The van der Waals surface area contributed by atoms with E-state index in [1.54, 1.807) is 5.57 Å². The van der Waals surface area contributed by atoms with Crippen LogP contribution in [0.25, 0.3) is 0 Å². The highest BCUT2D eigenvalue weighted by Gasteiger charge is 2.13. The molecular weight excluding hydrogens is 156 g/mol. The Bertz CT molecular complexity index is 163. The van der Waals surface area contributed by atoms with Crippen LogP contribution in [0.15, 0.2) is 11.6 Å². The molecule has 1 aliphatic rings. The molecule has 0 heteroatoms. The molecule has 0 unspecified atom stereocenters. The summed E-state index contributed by atoms with van der Waals surface area (Å²) in [5.41, 5.74) is 1.74. The van der Waals surface area contributed by atoms with Crippen molar-refractivity contribution in [2.24, 2.45) is 11.8 Å². The van der Waals surface area contributed by atoms with Gasteiger partial charge in [-0.15, -0.1) is 0 Å². The standard InChI is InChI=1S/C13H24/c1-4-12(5-2)10-13-8-6-7-11(3)9-13/h8,11-12H,4-7,9-10H2,1-3H3/t11-/m1/s1. The van der Waals surface area contributed by atoms with E-state index in [-0.39, 0.29) is 0 Å². The topological polar surface area (TPSA) is 0 Å². The van der Waals surface area contributed by atoms with Crippen molar-refractivity contribution in [1.82, 2.24) is 0 Å². The minimum absolute atomic E-state index is 0.939. The Morgan fingerprint density at radius 1 is 1.38 bits per heavy atom. The van der Waals surface area contributed by atoms with E-state index in [0.29, 0.717) is 0 Å². The zero-order valence-electron chi connectivity index (χ0n) is 9.47. The van der Waals surface area contributed by atoms with E-state index in [2.05, 4.69) is 26.8 Å². The van der Waals surface area contributed by atoms with Gasteiger partial charge in [0.25, 0.3) is 0 Å². The molecule has 0 nitrogen and oxygen atoms in total. The van der Waals surface area contributed by atoms with E-state index < -0.39 is 0 Å². The van der Waals surface area contributed by atoms with Gasteiger partial charge in [-0.25, -0.2) is 0 Å². The van der Waals surface area contributed by atoms with Crippen LogP contribution in [-0.4, -0.2) is 0 Å². The van der Waals surface area contributed by atoms with Gasteiger partial charge in [-0.3, -0.25) is 0 Å². The van der Waals surface area contributed by atoms with Crippen LogP contribution in [0.3, 0.4) is 0 Å². The third kappa shape index (κ3) is 3.54. The number of hydrogen-bond acceptors (Lipinski definition) is 0. The van der Waals surface area contributed by atoms with Crippen molar-refractivity contribution in [2.45, 2.75) is 59.3 Å². The lowest BCUT2D eigenvalue weighted by molar-refractivity contribution is 0.440. The summed E-state index contributed by atoms with van der Waals surface area (Å²) in [5, 5.41) is 0. The van der Waals surface area contributed by atoms with Crippen LogP contribution in [-0.2, 0) is 0 Å². The van der Waals surface area contributed by atoms with Gasteiger partial charge in [0.15, 0.2) is 0 Å². The maximum atomic E-state index is 2.50. The van der Waals surface area contributed by atoms with Gasteiger partial charge in [0.2, 0.25) is 0 Å². The van der Waals surface area contributed by atoms with E-state index >= 15 is 0 Å². The molecule has 0 saturated heterocycles. The van der Waals surface area contributed by atoms with Crippen molar-refractivity contribution in [3.8, 4) is 0 Å². The summed E-state index contributed by atoms with van der Waals surface area (Å²) in [7, 11) is 0. The third-order valence-electron chi connectivity index (χ3n) is 3.41. The summed E-state index contributed by atoms with van der Waals surface area (Å²) in [4.78, 5) is 0. The van der Waals surface area contributed by atoms with Crippen LogP contribution in [0.4, 0.5) is 0 Å². The van der Waals surface area contributed by atoms with Gasteiger partial charge in [0, 0.05) is 0 Å². The molecule has 0 saturated carbocycles. The van der Waals surface area contributed by atoms with Crippen LogP contribution in [0, 0.1) is 11.8 Å². The van der Waals surface area contributed by atoms with Crippen molar-refractivity contribution < 1.29 is 0 Å². The minimum Gasteiger partial charge on any atom is -0.0853 e. The maximum absolute atomic E-state index is 2.50. The summed E-state index contributed by atoms with van der Waals surface area (Å²) < 4.78 is 0. The Hall–Kier alpha value is -0.260. The summed E-state index contributed by atoms with van der Waals surface area (Å²) in [6.07, 6.45) is 10.7. The van der Waals surface area contributed by atoms with Gasteiger partial charge < -0.3 is 0 Å². The fourth-order valence-corrected chi connectivity index (χ4v) is 2.32. The molecule has 0 spiro atoms. The Morgan fingerprint density at radius 3 is 2.62 bits per heavy atom. The smallest absolute Gasteiger partial charge is 0.0292 e. The van der Waals surface area contributed by atoms with E-state index in [1.165, 1.54) is 38.5 Å². The third-order valence-corrected chi connectivity index (χ3v) is 3.41. The molecule has 0 aliphatic heterocycles.